The standard InChI is InChI=1S/C17H32N2O/c1-5-8-16-18-15(11-12(2)3)17(20)19(16)13(4)14-9-6-7-10-14/h12-16,18H,5-11H2,1-4H3. The van der Waals surface area contributed by atoms with Gasteiger partial charge in [-0.25, -0.2) is 0 Å². The SMILES string of the molecule is CCCC1NC(CC(C)C)C(=O)N1C(C)C1CCCC1. The Kier molecular flexibility index (Phi) is 5.48. The molecule has 0 bridgehead atoms. The molecular formula is C17H32N2O. The van der Waals surface area contributed by atoms with Gasteiger partial charge in [0.1, 0.15) is 0 Å². The lowest BCUT2D eigenvalue weighted by molar-refractivity contribution is -0.133. The van der Waals surface area contributed by atoms with Crippen LogP contribution in [0.2, 0.25) is 0 Å². The summed E-state index contributed by atoms with van der Waals surface area (Å²) in [5, 5.41) is 3.60. The molecule has 1 N–H and O–H groups in total. The third-order valence-corrected chi connectivity index (χ3v) is 5.07. The van der Waals surface area contributed by atoms with Gasteiger partial charge < -0.3 is 4.90 Å². The van der Waals surface area contributed by atoms with Gasteiger partial charge in [-0.05, 0) is 44.4 Å². The zero-order valence-corrected chi connectivity index (χ0v) is 13.7. The fourth-order valence-corrected chi connectivity index (χ4v) is 4.00. The summed E-state index contributed by atoms with van der Waals surface area (Å²) in [5.74, 6) is 1.65. The van der Waals surface area contributed by atoms with Gasteiger partial charge >= 0.3 is 0 Å². The van der Waals surface area contributed by atoms with E-state index in [0.717, 1.165) is 25.2 Å². The summed E-state index contributed by atoms with van der Waals surface area (Å²) in [7, 11) is 0. The Morgan fingerprint density at radius 2 is 1.90 bits per heavy atom. The van der Waals surface area contributed by atoms with Crippen LogP contribution in [0.3, 0.4) is 0 Å². The lowest BCUT2D eigenvalue weighted by Gasteiger charge is -2.34. The highest BCUT2D eigenvalue weighted by atomic mass is 16.2. The first-order chi connectivity index (χ1) is 9.54. The van der Waals surface area contributed by atoms with Crippen molar-refractivity contribution < 1.29 is 4.79 Å². The van der Waals surface area contributed by atoms with E-state index in [2.05, 4.69) is 37.9 Å². The summed E-state index contributed by atoms with van der Waals surface area (Å²) in [6, 6.07) is 0.460. The van der Waals surface area contributed by atoms with E-state index in [-0.39, 0.29) is 12.2 Å². The molecule has 1 aliphatic carbocycles. The average Bonchev–Trinajstić information content (AvgIpc) is 2.99. The normalized spacial score (nSPS) is 29.6. The maximum atomic E-state index is 12.8. The van der Waals surface area contributed by atoms with Crippen LogP contribution in [0.1, 0.15) is 72.6 Å². The molecule has 3 heteroatoms. The number of nitrogens with one attached hydrogen (secondary N) is 1. The molecule has 3 atom stereocenters. The number of hydrogen-bond donors (Lipinski definition) is 1. The molecule has 1 saturated heterocycles. The van der Waals surface area contributed by atoms with Gasteiger partial charge in [0, 0.05) is 6.04 Å². The third-order valence-electron chi connectivity index (χ3n) is 5.07. The molecule has 0 aromatic carbocycles. The summed E-state index contributed by atoms with van der Waals surface area (Å²) in [6.45, 7) is 8.88. The van der Waals surface area contributed by atoms with Crippen LogP contribution in [0.15, 0.2) is 0 Å². The number of carbonyl (C=O) groups excluding carboxylic acids is 1. The Labute approximate surface area is 124 Å². The smallest absolute Gasteiger partial charge is 0.241 e. The molecule has 2 aliphatic rings. The van der Waals surface area contributed by atoms with Crippen molar-refractivity contribution in [2.24, 2.45) is 11.8 Å². The Morgan fingerprint density at radius 1 is 1.25 bits per heavy atom. The van der Waals surface area contributed by atoms with Crippen molar-refractivity contribution in [3.63, 3.8) is 0 Å². The minimum atomic E-state index is 0.0513. The van der Waals surface area contributed by atoms with Crippen LogP contribution in [0.25, 0.3) is 0 Å². The third kappa shape index (κ3) is 3.36. The predicted molar refractivity (Wildman–Crippen MR) is 83.3 cm³/mol. The molecule has 1 aliphatic heterocycles. The summed E-state index contributed by atoms with van der Waals surface area (Å²) < 4.78 is 0. The molecule has 0 aromatic rings. The number of nitrogens with zero attached hydrogens (tertiary/aromatic N) is 1. The second kappa shape index (κ2) is 6.93. The van der Waals surface area contributed by atoms with Crippen LogP contribution in [0.5, 0.6) is 0 Å². The summed E-state index contributed by atoms with van der Waals surface area (Å²) in [4.78, 5) is 15.0. The number of hydrogen-bond acceptors (Lipinski definition) is 2. The highest BCUT2D eigenvalue weighted by Gasteiger charge is 2.42. The topological polar surface area (TPSA) is 32.3 Å². The molecule has 2 fully saturated rings. The lowest BCUT2D eigenvalue weighted by Crippen LogP contribution is -2.46. The van der Waals surface area contributed by atoms with Crippen LogP contribution in [0.4, 0.5) is 0 Å². The van der Waals surface area contributed by atoms with Gasteiger partial charge in [-0.3, -0.25) is 10.1 Å². The van der Waals surface area contributed by atoms with Crippen molar-refractivity contribution in [3.05, 3.63) is 0 Å². The highest BCUT2D eigenvalue weighted by molar-refractivity contribution is 5.84. The zero-order chi connectivity index (χ0) is 14.7. The molecule has 3 nitrogen and oxygen atoms in total. The molecule has 0 spiro atoms. The van der Waals surface area contributed by atoms with E-state index >= 15 is 0 Å². The van der Waals surface area contributed by atoms with Gasteiger partial charge in [-0.15, -0.1) is 0 Å². The number of carbonyl (C=O) groups is 1. The maximum absolute atomic E-state index is 12.8. The van der Waals surface area contributed by atoms with Crippen molar-refractivity contribution >= 4 is 5.91 Å². The Morgan fingerprint density at radius 3 is 2.45 bits per heavy atom. The highest BCUT2D eigenvalue weighted by Crippen LogP contribution is 2.33. The van der Waals surface area contributed by atoms with E-state index in [9.17, 15) is 4.79 Å². The fraction of sp³-hybridized carbons (Fsp3) is 0.941. The van der Waals surface area contributed by atoms with Crippen LogP contribution >= 0.6 is 0 Å². The molecule has 0 aromatic heterocycles. The Bertz CT molecular complexity index is 323. The van der Waals surface area contributed by atoms with Gasteiger partial charge in [-0.2, -0.15) is 0 Å². The molecule has 116 valence electrons. The van der Waals surface area contributed by atoms with E-state index in [1.807, 2.05) is 0 Å². The van der Waals surface area contributed by atoms with Gasteiger partial charge in [0.25, 0.3) is 0 Å². The van der Waals surface area contributed by atoms with Crippen molar-refractivity contribution in [1.82, 2.24) is 10.2 Å². The Hall–Kier alpha value is -0.570. The van der Waals surface area contributed by atoms with E-state index in [1.165, 1.54) is 25.7 Å². The minimum absolute atomic E-state index is 0.0513. The first-order valence-electron chi connectivity index (χ1n) is 8.62. The summed E-state index contributed by atoms with van der Waals surface area (Å²) >= 11 is 0. The van der Waals surface area contributed by atoms with Crippen LogP contribution in [0, 0.1) is 11.8 Å². The van der Waals surface area contributed by atoms with Crippen LogP contribution in [-0.4, -0.2) is 29.1 Å². The predicted octanol–water partition coefficient (Wildman–Crippen LogP) is 3.54. The second-order valence-corrected chi connectivity index (χ2v) is 7.18. The lowest BCUT2D eigenvalue weighted by atomic mass is 9.97. The van der Waals surface area contributed by atoms with E-state index < -0.39 is 0 Å². The molecule has 3 unspecified atom stereocenters. The number of rotatable bonds is 6. The maximum Gasteiger partial charge on any atom is 0.241 e. The van der Waals surface area contributed by atoms with Crippen molar-refractivity contribution in [3.8, 4) is 0 Å². The quantitative estimate of drug-likeness (QED) is 0.807. The molecule has 20 heavy (non-hydrogen) atoms. The zero-order valence-electron chi connectivity index (χ0n) is 13.7. The van der Waals surface area contributed by atoms with Crippen molar-refractivity contribution in [2.45, 2.75) is 90.9 Å². The second-order valence-electron chi connectivity index (χ2n) is 7.18. The van der Waals surface area contributed by atoms with E-state index in [1.54, 1.807) is 0 Å². The Balaban J connectivity index is 2.07. The first-order valence-corrected chi connectivity index (χ1v) is 8.62. The fourth-order valence-electron chi connectivity index (χ4n) is 4.00. The molecule has 2 rings (SSSR count). The summed E-state index contributed by atoms with van der Waals surface area (Å²) in [5.41, 5.74) is 0. The minimum Gasteiger partial charge on any atom is -0.323 e. The largest absolute Gasteiger partial charge is 0.323 e. The summed E-state index contributed by atoms with van der Waals surface area (Å²) in [6.07, 6.45) is 8.75. The van der Waals surface area contributed by atoms with Crippen LogP contribution in [-0.2, 0) is 4.79 Å². The monoisotopic (exact) mass is 280 g/mol. The average molecular weight is 280 g/mol. The van der Waals surface area contributed by atoms with Gasteiger partial charge in [0.2, 0.25) is 5.91 Å². The number of amides is 1. The molecule has 1 amide bonds. The molecule has 1 heterocycles. The molecule has 1 saturated carbocycles. The van der Waals surface area contributed by atoms with Gasteiger partial charge in [0.15, 0.2) is 0 Å². The van der Waals surface area contributed by atoms with E-state index in [4.69, 9.17) is 0 Å². The van der Waals surface area contributed by atoms with E-state index in [0.29, 0.717) is 17.9 Å². The van der Waals surface area contributed by atoms with Crippen LogP contribution < -0.4 is 5.32 Å². The van der Waals surface area contributed by atoms with Crippen molar-refractivity contribution in [2.75, 3.05) is 0 Å². The first kappa shape index (κ1) is 15.8. The molecular weight excluding hydrogens is 248 g/mol. The van der Waals surface area contributed by atoms with Gasteiger partial charge in [0.05, 0.1) is 12.2 Å². The van der Waals surface area contributed by atoms with Gasteiger partial charge in [-0.1, -0.05) is 40.0 Å². The molecule has 0 radical (unpaired) electrons. The van der Waals surface area contributed by atoms with Crippen molar-refractivity contribution in [1.29, 1.82) is 0 Å².